The smallest absolute Gasteiger partial charge is 0.239 e. The highest BCUT2D eigenvalue weighted by atomic mass is 79.9. The number of carbonyl (C=O) groups is 2. The molecule has 1 N–H and O–H groups in total. The third-order valence-electron chi connectivity index (χ3n) is 4.04. The van der Waals surface area contributed by atoms with E-state index in [2.05, 4.69) is 21.2 Å². The number of halogens is 2. The van der Waals surface area contributed by atoms with Gasteiger partial charge < -0.3 is 10.2 Å². The summed E-state index contributed by atoms with van der Waals surface area (Å²) in [6, 6.07) is 13.3. The maximum atomic E-state index is 12.9. The maximum absolute atomic E-state index is 12.9. The molecule has 124 valence electrons. The summed E-state index contributed by atoms with van der Waals surface area (Å²) < 4.78 is 13.8. The summed E-state index contributed by atoms with van der Waals surface area (Å²) in [6.45, 7) is 0.802. The van der Waals surface area contributed by atoms with Crippen molar-refractivity contribution in [2.45, 2.75) is 13.0 Å². The fraction of sp³-hybridized carbons (Fsp3) is 0.222. The predicted molar refractivity (Wildman–Crippen MR) is 92.8 cm³/mol. The Morgan fingerprint density at radius 2 is 1.83 bits per heavy atom. The molecule has 1 aliphatic rings. The van der Waals surface area contributed by atoms with Gasteiger partial charge in [0.15, 0.2) is 0 Å². The van der Waals surface area contributed by atoms with Crippen molar-refractivity contribution in [2.24, 2.45) is 5.92 Å². The van der Waals surface area contributed by atoms with E-state index in [9.17, 15) is 14.0 Å². The van der Waals surface area contributed by atoms with Crippen LogP contribution in [0.15, 0.2) is 53.0 Å². The number of benzene rings is 2. The van der Waals surface area contributed by atoms with E-state index in [1.54, 1.807) is 17.0 Å². The van der Waals surface area contributed by atoms with E-state index in [4.69, 9.17) is 0 Å². The van der Waals surface area contributed by atoms with Crippen LogP contribution >= 0.6 is 15.9 Å². The first kappa shape index (κ1) is 16.6. The van der Waals surface area contributed by atoms with Gasteiger partial charge in [0.1, 0.15) is 11.7 Å². The van der Waals surface area contributed by atoms with Crippen LogP contribution in [0.1, 0.15) is 12.0 Å². The number of anilines is 1. The van der Waals surface area contributed by atoms with E-state index >= 15 is 0 Å². The standard InChI is InChI=1S/C18H16BrFN2O2/c19-13-3-7-15(8-4-13)22-10-9-16(18(22)24)17(23)21-11-12-1-5-14(20)6-2-12/h1-8,16H,9-11H2,(H,21,23)/t16-/m0/s1. The number of amides is 2. The molecule has 3 rings (SSSR count). The minimum atomic E-state index is -0.672. The second-order valence-electron chi connectivity index (χ2n) is 5.65. The van der Waals surface area contributed by atoms with Gasteiger partial charge in [-0.05, 0) is 48.4 Å². The molecule has 0 aliphatic carbocycles. The van der Waals surface area contributed by atoms with E-state index in [1.165, 1.54) is 12.1 Å². The van der Waals surface area contributed by atoms with Crippen LogP contribution < -0.4 is 10.2 Å². The summed E-state index contributed by atoms with van der Waals surface area (Å²) in [6.07, 6.45) is 0.490. The molecule has 2 aromatic rings. The van der Waals surface area contributed by atoms with E-state index in [0.717, 1.165) is 15.7 Å². The van der Waals surface area contributed by atoms with Crippen molar-refractivity contribution in [1.82, 2.24) is 5.32 Å². The number of carbonyl (C=O) groups excluding carboxylic acids is 2. The second-order valence-corrected chi connectivity index (χ2v) is 6.57. The quantitative estimate of drug-likeness (QED) is 0.814. The number of rotatable bonds is 4. The molecule has 4 nitrogen and oxygen atoms in total. The first-order valence-corrected chi connectivity index (χ1v) is 8.43. The van der Waals surface area contributed by atoms with Gasteiger partial charge in [0.25, 0.3) is 0 Å². The van der Waals surface area contributed by atoms with Gasteiger partial charge in [0, 0.05) is 23.2 Å². The molecular weight excluding hydrogens is 375 g/mol. The summed E-state index contributed by atoms with van der Waals surface area (Å²) in [4.78, 5) is 26.4. The fourth-order valence-electron chi connectivity index (χ4n) is 2.72. The monoisotopic (exact) mass is 390 g/mol. The molecule has 1 atom stereocenters. The molecule has 0 bridgehead atoms. The van der Waals surface area contributed by atoms with Gasteiger partial charge in [-0.25, -0.2) is 4.39 Å². The molecule has 0 aromatic heterocycles. The molecule has 1 aliphatic heterocycles. The van der Waals surface area contributed by atoms with Crippen molar-refractivity contribution < 1.29 is 14.0 Å². The molecule has 6 heteroatoms. The molecule has 1 fully saturated rings. The summed E-state index contributed by atoms with van der Waals surface area (Å²) in [5.74, 6) is -1.46. The maximum Gasteiger partial charge on any atom is 0.239 e. The Hall–Kier alpha value is -2.21. The molecule has 0 spiro atoms. The highest BCUT2D eigenvalue weighted by Crippen LogP contribution is 2.26. The van der Waals surface area contributed by atoms with Crippen LogP contribution in [0.3, 0.4) is 0 Å². The molecule has 0 saturated carbocycles. The van der Waals surface area contributed by atoms with Crippen molar-refractivity contribution in [2.75, 3.05) is 11.4 Å². The molecule has 2 aromatic carbocycles. The lowest BCUT2D eigenvalue weighted by Crippen LogP contribution is -2.36. The lowest BCUT2D eigenvalue weighted by molar-refractivity contribution is -0.132. The summed E-state index contributed by atoms with van der Waals surface area (Å²) in [5, 5.41) is 2.76. The normalized spacial score (nSPS) is 17.2. The third-order valence-corrected chi connectivity index (χ3v) is 4.57. The molecule has 24 heavy (non-hydrogen) atoms. The zero-order valence-electron chi connectivity index (χ0n) is 12.8. The molecule has 2 amide bonds. The number of nitrogens with zero attached hydrogens (tertiary/aromatic N) is 1. The topological polar surface area (TPSA) is 49.4 Å². The van der Waals surface area contributed by atoms with E-state index in [-0.39, 0.29) is 24.2 Å². The molecule has 0 unspecified atom stereocenters. The highest BCUT2D eigenvalue weighted by molar-refractivity contribution is 9.10. The Labute approximate surface area is 147 Å². The van der Waals surface area contributed by atoms with Gasteiger partial charge in [0.05, 0.1) is 0 Å². The first-order chi connectivity index (χ1) is 11.5. The van der Waals surface area contributed by atoms with Crippen molar-refractivity contribution >= 4 is 33.4 Å². The van der Waals surface area contributed by atoms with Crippen LogP contribution in [0.25, 0.3) is 0 Å². The van der Waals surface area contributed by atoms with E-state index < -0.39 is 5.92 Å². The van der Waals surface area contributed by atoms with Gasteiger partial charge in [-0.1, -0.05) is 28.1 Å². The van der Waals surface area contributed by atoms with Crippen LogP contribution in [-0.2, 0) is 16.1 Å². The second kappa shape index (κ2) is 7.13. The van der Waals surface area contributed by atoms with Gasteiger partial charge in [0.2, 0.25) is 11.8 Å². The van der Waals surface area contributed by atoms with Crippen molar-refractivity contribution in [3.63, 3.8) is 0 Å². The minimum absolute atomic E-state index is 0.186. The van der Waals surface area contributed by atoms with E-state index in [1.807, 2.05) is 24.3 Å². The van der Waals surface area contributed by atoms with Gasteiger partial charge >= 0.3 is 0 Å². The van der Waals surface area contributed by atoms with Crippen LogP contribution in [0.5, 0.6) is 0 Å². The third kappa shape index (κ3) is 3.64. The lowest BCUT2D eigenvalue weighted by atomic mass is 10.1. The Morgan fingerprint density at radius 1 is 1.17 bits per heavy atom. The van der Waals surface area contributed by atoms with Gasteiger partial charge in [-0.15, -0.1) is 0 Å². The molecule has 1 heterocycles. The summed E-state index contributed by atoms with van der Waals surface area (Å²) in [5.41, 5.74) is 1.58. The Morgan fingerprint density at radius 3 is 2.50 bits per heavy atom. The minimum Gasteiger partial charge on any atom is -0.351 e. The average Bonchev–Trinajstić information content (AvgIpc) is 2.96. The number of hydrogen-bond donors (Lipinski definition) is 1. The highest BCUT2D eigenvalue weighted by Gasteiger charge is 2.37. The van der Waals surface area contributed by atoms with Crippen LogP contribution in [-0.4, -0.2) is 18.4 Å². The lowest BCUT2D eigenvalue weighted by Gasteiger charge is -2.17. The SMILES string of the molecule is O=C(NCc1ccc(F)cc1)[C@@H]1CCN(c2ccc(Br)cc2)C1=O. The average molecular weight is 391 g/mol. The van der Waals surface area contributed by atoms with Crippen LogP contribution in [0, 0.1) is 11.7 Å². The summed E-state index contributed by atoms with van der Waals surface area (Å²) in [7, 11) is 0. The fourth-order valence-corrected chi connectivity index (χ4v) is 2.98. The zero-order chi connectivity index (χ0) is 17.1. The van der Waals surface area contributed by atoms with Gasteiger partial charge in [-0.2, -0.15) is 0 Å². The zero-order valence-corrected chi connectivity index (χ0v) is 14.4. The largest absolute Gasteiger partial charge is 0.351 e. The van der Waals surface area contributed by atoms with Gasteiger partial charge in [-0.3, -0.25) is 9.59 Å². The summed E-state index contributed by atoms with van der Waals surface area (Å²) >= 11 is 3.36. The number of nitrogens with one attached hydrogen (secondary N) is 1. The van der Waals surface area contributed by atoms with Crippen LogP contribution in [0.2, 0.25) is 0 Å². The Balaban J connectivity index is 1.61. The van der Waals surface area contributed by atoms with E-state index in [0.29, 0.717) is 13.0 Å². The van der Waals surface area contributed by atoms with Crippen molar-refractivity contribution in [3.8, 4) is 0 Å². The van der Waals surface area contributed by atoms with Crippen molar-refractivity contribution in [3.05, 3.63) is 64.4 Å². The van der Waals surface area contributed by atoms with Crippen molar-refractivity contribution in [1.29, 1.82) is 0 Å². The Kier molecular flexibility index (Phi) is 4.94. The molecular formula is C18H16BrFN2O2. The number of hydrogen-bond acceptors (Lipinski definition) is 2. The first-order valence-electron chi connectivity index (χ1n) is 7.64. The predicted octanol–water partition coefficient (Wildman–Crippen LogP) is 3.26. The Bertz CT molecular complexity index is 747. The molecule has 1 saturated heterocycles. The van der Waals surface area contributed by atoms with Crippen LogP contribution in [0.4, 0.5) is 10.1 Å². The molecule has 0 radical (unpaired) electrons.